The molecule has 0 aliphatic carbocycles. The second-order valence-electron chi connectivity index (χ2n) is 3.97. The predicted octanol–water partition coefficient (Wildman–Crippen LogP) is 3.70. The number of aromatic nitrogens is 4. The van der Waals surface area contributed by atoms with Crippen molar-refractivity contribution in [1.29, 1.82) is 0 Å². The second-order valence-corrected chi connectivity index (χ2v) is 6.04. The molecule has 6 heteroatoms. The Balaban J connectivity index is 1.98. The van der Waals surface area contributed by atoms with Gasteiger partial charge in [-0.15, -0.1) is 0 Å². The van der Waals surface area contributed by atoms with Crippen LogP contribution in [0.1, 0.15) is 26.7 Å². The molecule has 2 aromatic heterocycles. The Hall–Kier alpha value is -0.880. The summed E-state index contributed by atoms with van der Waals surface area (Å²) in [4.78, 5) is 8.76. The number of nitrogens with zero attached hydrogens (tertiary/aromatic N) is 4. The smallest absolute Gasteiger partial charge is 0.179 e. The highest BCUT2D eigenvalue weighted by molar-refractivity contribution is 8.76. The highest BCUT2D eigenvalue weighted by atomic mass is 33.1. The van der Waals surface area contributed by atoms with Crippen molar-refractivity contribution >= 4 is 21.6 Å². The summed E-state index contributed by atoms with van der Waals surface area (Å²) < 4.78 is 4.37. The van der Waals surface area contributed by atoms with Gasteiger partial charge < -0.3 is 9.13 Å². The highest BCUT2D eigenvalue weighted by Crippen LogP contribution is 2.35. The zero-order valence-corrected chi connectivity index (χ0v) is 12.4. The van der Waals surface area contributed by atoms with E-state index in [1.54, 1.807) is 21.6 Å². The fraction of sp³-hybridized carbons (Fsp3) is 0.500. The van der Waals surface area contributed by atoms with Gasteiger partial charge in [-0.2, -0.15) is 0 Å². The maximum Gasteiger partial charge on any atom is 0.179 e. The average Bonchev–Trinajstić information content (AvgIpc) is 2.97. The molecule has 0 aromatic carbocycles. The van der Waals surface area contributed by atoms with Gasteiger partial charge in [0.2, 0.25) is 0 Å². The van der Waals surface area contributed by atoms with E-state index in [1.807, 2.05) is 24.8 Å². The predicted molar refractivity (Wildman–Crippen MR) is 76.8 cm³/mol. The van der Waals surface area contributed by atoms with E-state index in [0.717, 1.165) is 36.2 Å². The maximum atomic E-state index is 4.38. The Morgan fingerprint density at radius 3 is 1.72 bits per heavy atom. The minimum absolute atomic E-state index is 1.02. The molecule has 18 heavy (non-hydrogen) atoms. The van der Waals surface area contributed by atoms with Crippen LogP contribution in [0.15, 0.2) is 35.1 Å². The first-order valence-electron chi connectivity index (χ1n) is 6.22. The molecule has 2 heterocycles. The van der Waals surface area contributed by atoms with Gasteiger partial charge in [0.05, 0.1) is 0 Å². The van der Waals surface area contributed by atoms with Gasteiger partial charge in [0, 0.05) is 37.9 Å². The van der Waals surface area contributed by atoms with E-state index in [4.69, 9.17) is 0 Å². The molecule has 0 amide bonds. The molecule has 0 aliphatic rings. The van der Waals surface area contributed by atoms with Crippen molar-refractivity contribution in [2.75, 3.05) is 0 Å². The van der Waals surface area contributed by atoms with E-state index in [9.17, 15) is 0 Å². The van der Waals surface area contributed by atoms with E-state index < -0.39 is 0 Å². The van der Waals surface area contributed by atoms with E-state index >= 15 is 0 Å². The fourth-order valence-electron chi connectivity index (χ4n) is 1.67. The first-order valence-corrected chi connectivity index (χ1v) is 8.37. The summed E-state index contributed by atoms with van der Waals surface area (Å²) in [5.41, 5.74) is 0. The molecule has 0 bridgehead atoms. The molecule has 2 aromatic rings. The van der Waals surface area contributed by atoms with Crippen LogP contribution in [0, 0.1) is 0 Å². The molecule has 0 saturated carbocycles. The lowest BCUT2D eigenvalue weighted by atomic mass is 10.5. The van der Waals surface area contributed by atoms with E-state index in [-0.39, 0.29) is 0 Å². The average molecular weight is 282 g/mol. The topological polar surface area (TPSA) is 35.6 Å². The molecule has 2 rings (SSSR count). The van der Waals surface area contributed by atoms with Crippen molar-refractivity contribution in [2.24, 2.45) is 0 Å². The molecule has 98 valence electrons. The summed E-state index contributed by atoms with van der Waals surface area (Å²) in [6.45, 7) is 6.39. The summed E-state index contributed by atoms with van der Waals surface area (Å²) in [7, 11) is 3.35. The first kappa shape index (κ1) is 13.5. The molecule has 0 fully saturated rings. The molecule has 4 nitrogen and oxygen atoms in total. The van der Waals surface area contributed by atoms with Gasteiger partial charge in [0.15, 0.2) is 10.3 Å². The van der Waals surface area contributed by atoms with Crippen molar-refractivity contribution in [3.05, 3.63) is 24.8 Å². The maximum absolute atomic E-state index is 4.38. The van der Waals surface area contributed by atoms with Crippen LogP contribution in [0.5, 0.6) is 0 Å². The number of imidazole rings is 2. The van der Waals surface area contributed by atoms with Crippen molar-refractivity contribution < 1.29 is 0 Å². The molecule has 0 saturated heterocycles. The van der Waals surface area contributed by atoms with Gasteiger partial charge in [-0.3, -0.25) is 0 Å². The van der Waals surface area contributed by atoms with Crippen LogP contribution in [0.3, 0.4) is 0 Å². The summed E-state index contributed by atoms with van der Waals surface area (Å²) in [6.07, 6.45) is 10.0. The quantitative estimate of drug-likeness (QED) is 0.725. The largest absolute Gasteiger partial charge is 0.325 e. The van der Waals surface area contributed by atoms with Gasteiger partial charge >= 0.3 is 0 Å². The van der Waals surface area contributed by atoms with Crippen LogP contribution in [-0.4, -0.2) is 19.1 Å². The van der Waals surface area contributed by atoms with Crippen LogP contribution >= 0.6 is 21.6 Å². The lowest BCUT2D eigenvalue weighted by Gasteiger charge is -2.06. The van der Waals surface area contributed by atoms with Crippen LogP contribution in [-0.2, 0) is 13.1 Å². The molecule has 0 radical (unpaired) electrons. The van der Waals surface area contributed by atoms with Gasteiger partial charge in [-0.1, -0.05) is 13.8 Å². The normalized spacial score (nSPS) is 11.0. The summed E-state index contributed by atoms with van der Waals surface area (Å²) in [6, 6.07) is 0. The molecule has 0 spiro atoms. The van der Waals surface area contributed by atoms with Crippen molar-refractivity contribution in [3.8, 4) is 0 Å². The highest BCUT2D eigenvalue weighted by Gasteiger charge is 2.08. The monoisotopic (exact) mass is 282 g/mol. The summed E-state index contributed by atoms with van der Waals surface area (Å²) >= 11 is 0. The minimum atomic E-state index is 1.02. The van der Waals surface area contributed by atoms with Crippen LogP contribution in [0.25, 0.3) is 0 Å². The van der Waals surface area contributed by atoms with E-state index in [1.165, 1.54) is 0 Å². The molecule has 0 atom stereocenters. The Morgan fingerprint density at radius 1 is 0.889 bits per heavy atom. The van der Waals surface area contributed by atoms with Crippen LogP contribution in [0.4, 0.5) is 0 Å². The van der Waals surface area contributed by atoms with Crippen molar-refractivity contribution in [1.82, 2.24) is 19.1 Å². The molecule has 0 N–H and O–H groups in total. The van der Waals surface area contributed by atoms with Gasteiger partial charge in [0.1, 0.15) is 0 Å². The number of hydrogen-bond acceptors (Lipinski definition) is 4. The van der Waals surface area contributed by atoms with Crippen LogP contribution in [0.2, 0.25) is 0 Å². The fourth-order valence-corrected chi connectivity index (χ4v) is 3.80. The zero-order valence-electron chi connectivity index (χ0n) is 10.7. The number of rotatable bonds is 7. The Kier molecular flexibility index (Phi) is 5.19. The van der Waals surface area contributed by atoms with Gasteiger partial charge in [-0.05, 0) is 34.4 Å². The third-order valence-corrected chi connectivity index (χ3v) is 4.68. The van der Waals surface area contributed by atoms with Gasteiger partial charge in [0.25, 0.3) is 0 Å². The van der Waals surface area contributed by atoms with Crippen molar-refractivity contribution in [2.45, 2.75) is 50.1 Å². The zero-order chi connectivity index (χ0) is 12.8. The first-order chi connectivity index (χ1) is 8.85. The number of hydrogen-bond donors (Lipinski definition) is 0. The number of aryl methyl sites for hydroxylation is 2. The van der Waals surface area contributed by atoms with Crippen molar-refractivity contribution in [3.63, 3.8) is 0 Å². The molecule has 0 aliphatic heterocycles. The Bertz CT molecular complexity index is 434. The molecule has 0 unspecified atom stereocenters. The third-order valence-electron chi connectivity index (χ3n) is 2.47. The standard InChI is InChI=1S/C12H18N4S2/c1-3-7-15-9-5-13-11(15)17-18-12-14-6-10-16(12)8-4-2/h5-6,9-10H,3-4,7-8H2,1-2H3. The van der Waals surface area contributed by atoms with E-state index in [0.29, 0.717) is 0 Å². The summed E-state index contributed by atoms with van der Waals surface area (Å²) in [5, 5.41) is 2.10. The van der Waals surface area contributed by atoms with E-state index in [2.05, 4.69) is 32.9 Å². The minimum Gasteiger partial charge on any atom is -0.325 e. The van der Waals surface area contributed by atoms with Gasteiger partial charge in [-0.25, -0.2) is 9.97 Å². The lowest BCUT2D eigenvalue weighted by molar-refractivity contribution is 0.620. The SMILES string of the molecule is CCCn1ccnc1SSc1nccn1CCC. The van der Waals surface area contributed by atoms with Crippen LogP contribution < -0.4 is 0 Å². The molecular formula is C12H18N4S2. The molecular weight excluding hydrogens is 264 g/mol. The third kappa shape index (κ3) is 3.32. The Morgan fingerprint density at radius 2 is 1.33 bits per heavy atom. The lowest BCUT2D eigenvalue weighted by Crippen LogP contribution is -1.98. The Labute approximate surface area is 116 Å². The summed E-state index contributed by atoms with van der Waals surface area (Å²) in [5.74, 6) is 0. The second kappa shape index (κ2) is 6.89.